The zero-order chi connectivity index (χ0) is 16.0. The van der Waals surface area contributed by atoms with Crippen LogP contribution in [0.15, 0.2) is 52.9 Å². The van der Waals surface area contributed by atoms with E-state index in [4.69, 9.17) is 9.47 Å². The molecule has 0 N–H and O–H groups in total. The predicted octanol–water partition coefficient (Wildman–Crippen LogP) is 4.78. The number of ether oxygens (including phenoxy) is 2. The fourth-order valence-corrected chi connectivity index (χ4v) is 4.75. The molecule has 0 aromatic heterocycles. The summed E-state index contributed by atoms with van der Waals surface area (Å²) in [4.78, 5) is 3.58. The molecular weight excluding hydrogens is 306 g/mol. The Morgan fingerprint density at radius 1 is 1.17 bits per heavy atom. The number of likely N-dealkylation sites (N-methyl/N-ethyl adjacent to an activating group) is 1. The zero-order valence-corrected chi connectivity index (χ0v) is 14.3. The molecule has 0 radical (unpaired) electrons. The van der Waals surface area contributed by atoms with E-state index < -0.39 is 5.06 Å². The molecule has 2 aromatic rings. The average molecular weight is 325 g/mol. The number of nitrogens with zero attached hydrogens (tertiary/aromatic N) is 1. The summed E-state index contributed by atoms with van der Waals surface area (Å²) in [5.41, 5.74) is 3.49. The molecule has 1 atom stereocenters. The number of anilines is 1. The lowest BCUT2D eigenvalue weighted by atomic mass is 10.0. The van der Waals surface area contributed by atoms with Crippen LogP contribution in [0.3, 0.4) is 0 Å². The van der Waals surface area contributed by atoms with Gasteiger partial charge in [-0.1, -0.05) is 24.3 Å². The SMILES string of the molecule is CCN1c2ccccc2SC12Oc1c(cccc1OC)C=C2C. The smallest absolute Gasteiger partial charge is 0.259 e. The molecule has 23 heavy (non-hydrogen) atoms. The van der Waals surface area contributed by atoms with Crippen LogP contribution in [0.5, 0.6) is 11.5 Å². The predicted molar refractivity (Wildman–Crippen MR) is 95.3 cm³/mol. The molecule has 0 aliphatic carbocycles. The lowest BCUT2D eigenvalue weighted by Crippen LogP contribution is -2.50. The summed E-state index contributed by atoms with van der Waals surface area (Å²) in [7, 11) is 1.69. The van der Waals surface area contributed by atoms with Crippen molar-refractivity contribution in [2.45, 2.75) is 23.8 Å². The van der Waals surface area contributed by atoms with E-state index in [2.05, 4.69) is 55.2 Å². The van der Waals surface area contributed by atoms with Gasteiger partial charge in [0.05, 0.1) is 12.8 Å². The molecule has 118 valence electrons. The Hall–Kier alpha value is -2.07. The molecule has 0 amide bonds. The first-order valence-corrected chi connectivity index (χ1v) is 8.61. The van der Waals surface area contributed by atoms with E-state index >= 15 is 0 Å². The Morgan fingerprint density at radius 3 is 2.78 bits per heavy atom. The molecule has 4 rings (SSSR count). The first-order valence-electron chi connectivity index (χ1n) is 7.80. The van der Waals surface area contributed by atoms with Crippen molar-refractivity contribution in [2.24, 2.45) is 0 Å². The summed E-state index contributed by atoms with van der Waals surface area (Å²) in [6, 6.07) is 14.5. The maximum Gasteiger partial charge on any atom is 0.259 e. The molecule has 0 bridgehead atoms. The third-order valence-electron chi connectivity index (χ3n) is 4.42. The van der Waals surface area contributed by atoms with Crippen LogP contribution in [0.1, 0.15) is 19.4 Å². The van der Waals surface area contributed by atoms with Crippen LogP contribution >= 0.6 is 11.8 Å². The van der Waals surface area contributed by atoms with Crippen molar-refractivity contribution in [3.05, 3.63) is 53.6 Å². The van der Waals surface area contributed by atoms with E-state index in [-0.39, 0.29) is 0 Å². The van der Waals surface area contributed by atoms with Crippen molar-refractivity contribution in [2.75, 3.05) is 18.6 Å². The van der Waals surface area contributed by atoms with Crippen molar-refractivity contribution in [3.63, 3.8) is 0 Å². The van der Waals surface area contributed by atoms with Gasteiger partial charge >= 0.3 is 0 Å². The number of thioether (sulfide) groups is 1. The Balaban J connectivity index is 1.88. The summed E-state index contributed by atoms with van der Waals surface area (Å²) in [5, 5.41) is -0.528. The van der Waals surface area contributed by atoms with Gasteiger partial charge in [-0.2, -0.15) is 0 Å². The molecule has 4 heteroatoms. The average Bonchev–Trinajstić information content (AvgIpc) is 2.89. The van der Waals surface area contributed by atoms with Gasteiger partial charge in [0, 0.05) is 22.6 Å². The van der Waals surface area contributed by atoms with E-state index in [9.17, 15) is 0 Å². The number of benzene rings is 2. The molecule has 0 saturated carbocycles. The standard InChI is InChI=1S/C19H19NO2S/c1-4-20-15-9-5-6-11-17(15)23-19(20)13(2)12-14-8-7-10-16(21-3)18(14)22-19/h5-12H,4H2,1-3H3. The van der Waals surface area contributed by atoms with Crippen molar-refractivity contribution < 1.29 is 9.47 Å². The van der Waals surface area contributed by atoms with Gasteiger partial charge in [0.25, 0.3) is 5.06 Å². The largest absolute Gasteiger partial charge is 0.493 e. The maximum absolute atomic E-state index is 6.60. The van der Waals surface area contributed by atoms with Crippen molar-refractivity contribution >= 4 is 23.5 Å². The molecule has 2 aliphatic rings. The Bertz CT molecular complexity index is 802. The van der Waals surface area contributed by atoms with Crippen molar-refractivity contribution in [1.82, 2.24) is 0 Å². The summed E-state index contributed by atoms with van der Waals surface area (Å²) in [5.74, 6) is 1.59. The fourth-order valence-electron chi connectivity index (χ4n) is 3.34. The molecule has 1 spiro atoms. The highest BCUT2D eigenvalue weighted by molar-refractivity contribution is 8.01. The zero-order valence-electron chi connectivity index (χ0n) is 13.5. The van der Waals surface area contributed by atoms with E-state index in [0.29, 0.717) is 0 Å². The normalized spacial score (nSPS) is 21.5. The van der Waals surface area contributed by atoms with Gasteiger partial charge in [-0.3, -0.25) is 0 Å². The van der Waals surface area contributed by atoms with Crippen molar-refractivity contribution in [3.8, 4) is 11.5 Å². The summed E-state index contributed by atoms with van der Waals surface area (Å²) in [6.07, 6.45) is 2.21. The van der Waals surface area contributed by atoms with Crippen LogP contribution in [0, 0.1) is 0 Å². The van der Waals surface area contributed by atoms with Crippen LogP contribution in [-0.2, 0) is 0 Å². The van der Waals surface area contributed by atoms with Crippen LogP contribution in [0.25, 0.3) is 6.08 Å². The van der Waals surface area contributed by atoms with Crippen LogP contribution in [-0.4, -0.2) is 18.7 Å². The van der Waals surface area contributed by atoms with Gasteiger partial charge in [-0.15, -0.1) is 0 Å². The second kappa shape index (κ2) is 5.24. The van der Waals surface area contributed by atoms with Gasteiger partial charge in [0.1, 0.15) is 0 Å². The van der Waals surface area contributed by atoms with E-state index in [1.165, 1.54) is 16.2 Å². The first kappa shape index (κ1) is 14.5. The highest BCUT2D eigenvalue weighted by atomic mass is 32.2. The third-order valence-corrected chi connectivity index (χ3v) is 5.88. The Labute approximate surface area is 140 Å². The molecular formula is C19H19NO2S. The molecule has 2 heterocycles. The third kappa shape index (κ3) is 1.98. The number of rotatable bonds is 2. The van der Waals surface area contributed by atoms with Gasteiger partial charge in [0.15, 0.2) is 11.5 Å². The van der Waals surface area contributed by atoms with Gasteiger partial charge in [0.2, 0.25) is 0 Å². The maximum atomic E-state index is 6.60. The Kier molecular flexibility index (Phi) is 3.31. The number of fused-ring (bicyclic) bond motifs is 2. The van der Waals surface area contributed by atoms with Gasteiger partial charge < -0.3 is 14.4 Å². The lowest BCUT2D eigenvalue weighted by Gasteiger charge is -2.42. The molecule has 2 aromatic carbocycles. The number of hydrogen-bond acceptors (Lipinski definition) is 4. The molecule has 0 fully saturated rings. The second-order valence-electron chi connectivity index (χ2n) is 5.70. The van der Waals surface area contributed by atoms with E-state index in [1.54, 1.807) is 18.9 Å². The monoisotopic (exact) mass is 325 g/mol. The number of para-hydroxylation sites is 2. The summed E-state index contributed by atoms with van der Waals surface area (Å²) >= 11 is 1.76. The van der Waals surface area contributed by atoms with E-state index in [0.717, 1.165) is 23.6 Å². The van der Waals surface area contributed by atoms with Crippen LogP contribution in [0.2, 0.25) is 0 Å². The van der Waals surface area contributed by atoms with E-state index in [1.807, 2.05) is 12.1 Å². The second-order valence-corrected chi connectivity index (χ2v) is 6.90. The minimum absolute atomic E-state index is 0.528. The minimum Gasteiger partial charge on any atom is -0.493 e. The first-order chi connectivity index (χ1) is 11.2. The molecule has 0 saturated heterocycles. The molecule has 2 aliphatic heterocycles. The summed E-state index contributed by atoms with van der Waals surface area (Å²) < 4.78 is 12.1. The number of methoxy groups -OCH3 is 1. The highest BCUT2D eigenvalue weighted by Crippen LogP contribution is 2.57. The minimum atomic E-state index is -0.528. The summed E-state index contributed by atoms with van der Waals surface area (Å²) in [6.45, 7) is 5.18. The highest BCUT2D eigenvalue weighted by Gasteiger charge is 2.50. The molecule has 1 unspecified atom stereocenters. The quantitative estimate of drug-likeness (QED) is 0.792. The lowest BCUT2D eigenvalue weighted by molar-refractivity contribution is 0.188. The molecule has 3 nitrogen and oxygen atoms in total. The van der Waals surface area contributed by atoms with Crippen LogP contribution in [0.4, 0.5) is 5.69 Å². The fraction of sp³-hybridized carbons (Fsp3) is 0.263. The Morgan fingerprint density at radius 2 is 2.00 bits per heavy atom. The van der Waals surface area contributed by atoms with Crippen molar-refractivity contribution in [1.29, 1.82) is 0 Å². The van der Waals surface area contributed by atoms with Gasteiger partial charge in [-0.25, -0.2) is 0 Å². The van der Waals surface area contributed by atoms with Gasteiger partial charge in [-0.05, 0) is 49.9 Å². The van der Waals surface area contributed by atoms with Crippen LogP contribution < -0.4 is 14.4 Å². The topological polar surface area (TPSA) is 21.7 Å². The number of hydrogen-bond donors (Lipinski definition) is 0.